The number of rotatable bonds is 3. The van der Waals surface area contributed by atoms with Crippen molar-refractivity contribution in [2.24, 2.45) is 5.92 Å². The number of amides is 2. The van der Waals surface area contributed by atoms with E-state index < -0.39 is 6.10 Å². The van der Waals surface area contributed by atoms with E-state index in [1.807, 2.05) is 4.90 Å². The zero-order chi connectivity index (χ0) is 19.4. The van der Waals surface area contributed by atoms with Crippen molar-refractivity contribution in [2.45, 2.75) is 56.5 Å². The summed E-state index contributed by atoms with van der Waals surface area (Å²) in [6.45, 7) is 1.99. The van der Waals surface area contributed by atoms with Gasteiger partial charge in [-0.3, -0.25) is 9.59 Å². The lowest BCUT2D eigenvalue weighted by Crippen LogP contribution is -2.58. The molecule has 0 saturated carbocycles. The Kier molecular flexibility index (Phi) is 7.08. The molecule has 3 saturated heterocycles. The molecular formula is C19H32N2O6. The van der Waals surface area contributed by atoms with Gasteiger partial charge in [-0.05, 0) is 25.7 Å². The molecule has 8 heteroatoms. The van der Waals surface area contributed by atoms with Crippen LogP contribution in [0.3, 0.4) is 0 Å². The second-order valence-electron chi connectivity index (χ2n) is 8.00. The summed E-state index contributed by atoms with van der Waals surface area (Å²) < 4.78 is 17.2. The quantitative estimate of drug-likeness (QED) is 0.738. The van der Waals surface area contributed by atoms with Gasteiger partial charge in [0, 0.05) is 39.8 Å². The Morgan fingerprint density at radius 3 is 2.52 bits per heavy atom. The van der Waals surface area contributed by atoms with Crippen LogP contribution in [0.25, 0.3) is 0 Å². The van der Waals surface area contributed by atoms with Crippen LogP contribution in [0.5, 0.6) is 0 Å². The van der Waals surface area contributed by atoms with Crippen molar-refractivity contribution in [1.82, 2.24) is 9.80 Å². The van der Waals surface area contributed by atoms with Gasteiger partial charge in [0.25, 0.3) is 0 Å². The van der Waals surface area contributed by atoms with Gasteiger partial charge in [0.15, 0.2) is 0 Å². The molecule has 8 nitrogen and oxygen atoms in total. The molecule has 27 heavy (non-hydrogen) atoms. The highest BCUT2D eigenvalue weighted by molar-refractivity contribution is 5.79. The van der Waals surface area contributed by atoms with Crippen LogP contribution in [0.15, 0.2) is 0 Å². The Morgan fingerprint density at radius 1 is 1.07 bits per heavy atom. The number of hydrogen-bond acceptors (Lipinski definition) is 6. The highest BCUT2D eigenvalue weighted by atomic mass is 16.5. The number of nitrogens with zero attached hydrogens (tertiary/aromatic N) is 2. The molecule has 3 aliphatic heterocycles. The highest BCUT2D eigenvalue weighted by Gasteiger charge is 2.41. The second kappa shape index (κ2) is 9.32. The molecule has 0 bridgehead atoms. The molecule has 3 fully saturated rings. The lowest BCUT2D eigenvalue weighted by Gasteiger charge is -2.45. The van der Waals surface area contributed by atoms with E-state index in [0.29, 0.717) is 32.7 Å². The maximum Gasteiger partial charge on any atom is 0.226 e. The van der Waals surface area contributed by atoms with Crippen molar-refractivity contribution in [3.05, 3.63) is 0 Å². The van der Waals surface area contributed by atoms with Crippen LogP contribution < -0.4 is 0 Å². The predicted octanol–water partition coefficient (Wildman–Crippen LogP) is 0.0272. The molecule has 154 valence electrons. The molecule has 0 spiro atoms. The molecular weight excluding hydrogens is 352 g/mol. The number of fused-ring (bicyclic) bond motifs is 1. The molecule has 0 aliphatic carbocycles. The smallest absolute Gasteiger partial charge is 0.226 e. The third kappa shape index (κ3) is 5.19. The number of aliphatic hydroxyl groups excluding tert-OH is 1. The monoisotopic (exact) mass is 384 g/mol. The SMILES string of the molecule is CN(C)C(=O)C[C@H]1CC[C@@H]2[C@H](COC[C@@H](O)CN2C(=O)C2CCOCC2)O1. The van der Waals surface area contributed by atoms with E-state index in [2.05, 4.69) is 0 Å². The molecule has 0 unspecified atom stereocenters. The molecule has 1 N–H and O–H groups in total. The summed E-state index contributed by atoms with van der Waals surface area (Å²) in [5.74, 6) is 0.0661. The van der Waals surface area contributed by atoms with Crippen LogP contribution in [0.4, 0.5) is 0 Å². The summed E-state index contributed by atoms with van der Waals surface area (Å²) in [6.07, 6.45) is 2.13. The fourth-order valence-electron chi connectivity index (χ4n) is 4.15. The Hall–Kier alpha value is -1.22. The van der Waals surface area contributed by atoms with E-state index in [0.717, 1.165) is 19.3 Å². The van der Waals surface area contributed by atoms with Crippen molar-refractivity contribution < 1.29 is 28.9 Å². The van der Waals surface area contributed by atoms with Crippen LogP contribution >= 0.6 is 0 Å². The highest BCUT2D eigenvalue weighted by Crippen LogP contribution is 2.30. The molecule has 0 aromatic carbocycles. The zero-order valence-corrected chi connectivity index (χ0v) is 16.3. The molecule has 2 amide bonds. The minimum absolute atomic E-state index is 0.0378. The van der Waals surface area contributed by atoms with Crippen LogP contribution in [-0.2, 0) is 23.8 Å². The number of β-amino-alcohol motifs (C(OH)–C–C–N with tert-alkyl or cyclic N) is 1. The lowest BCUT2D eigenvalue weighted by molar-refractivity contribution is -0.174. The molecule has 3 rings (SSSR count). The van der Waals surface area contributed by atoms with Crippen molar-refractivity contribution in [3.63, 3.8) is 0 Å². The largest absolute Gasteiger partial charge is 0.389 e. The third-order valence-corrected chi connectivity index (χ3v) is 5.74. The van der Waals surface area contributed by atoms with E-state index >= 15 is 0 Å². The van der Waals surface area contributed by atoms with E-state index in [4.69, 9.17) is 14.2 Å². The van der Waals surface area contributed by atoms with Gasteiger partial charge >= 0.3 is 0 Å². The number of carbonyl (C=O) groups excluding carboxylic acids is 2. The van der Waals surface area contributed by atoms with Crippen molar-refractivity contribution in [3.8, 4) is 0 Å². The Labute approximate surface area is 160 Å². The fraction of sp³-hybridized carbons (Fsp3) is 0.895. The van der Waals surface area contributed by atoms with Crippen molar-refractivity contribution in [1.29, 1.82) is 0 Å². The van der Waals surface area contributed by atoms with Gasteiger partial charge in [0.2, 0.25) is 11.8 Å². The Balaban J connectivity index is 1.69. The summed E-state index contributed by atoms with van der Waals surface area (Å²) >= 11 is 0. The summed E-state index contributed by atoms with van der Waals surface area (Å²) in [6, 6.07) is -0.124. The lowest BCUT2D eigenvalue weighted by atomic mass is 9.91. The first-order chi connectivity index (χ1) is 13.0. The molecule has 3 aliphatic rings. The fourth-order valence-corrected chi connectivity index (χ4v) is 4.15. The topological polar surface area (TPSA) is 88.5 Å². The van der Waals surface area contributed by atoms with Crippen molar-refractivity contribution >= 4 is 11.8 Å². The van der Waals surface area contributed by atoms with Gasteiger partial charge < -0.3 is 29.1 Å². The maximum atomic E-state index is 13.2. The standard InChI is InChI=1S/C19H32N2O6/c1-20(2)18(23)9-15-3-4-16-17(27-15)12-26-11-14(22)10-21(16)19(24)13-5-7-25-8-6-13/h13-17,22H,3-12H2,1-2H3/t14-,15+,16+,17-/m0/s1. The van der Waals surface area contributed by atoms with Crippen molar-refractivity contribution in [2.75, 3.05) is 47.1 Å². The molecule has 0 aromatic heterocycles. The normalized spacial score (nSPS) is 32.9. The Bertz CT molecular complexity index is 522. The van der Waals surface area contributed by atoms with Gasteiger partial charge in [-0.25, -0.2) is 0 Å². The predicted molar refractivity (Wildman–Crippen MR) is 97.1 cm³/mol. The summed E-state index contributed by atoms with van der Waals surface area (Å²) in [4.78, 5) is 28.6. The van der Waals surface area contributed by atoms with Gasteiger partial charge in [0.1, 0.15) is 6.10 Å². The van der Waals surface area contributed by atoms with Gasteiger partial charge in [0.05, 0.1) is 37.9 Å². The Morgan fingerprint density at radius 2 is 1.81 bits per heavy atom. The number of ether oxygens (including phenoxy) is 3. The molecule has 0 aromatic rings. The van der Waals surface area contributed by atoms with Gasteiger partial charge in [-0.2, -0.15) is 0 Å². The summed E-state index contributed by atoms with van der Waals surface area (Å²) in [5, 5.41) is 10.2. The minimum Gasteiger partial charge on any atom is -0.389 e. The zero-order valence-electron chi connectivity index (χ0n) is 16.3. The van der Waals surface area contributed by atoms with Crippen LogP contribution in [0.1, 0.15) is 32.1 Å². The van der Waals surface area contributed by atoms with E-state index in [1.165, 1.54) is 0 Å². The second-order valence-corrected chi connectivity index (χ2v) is 8.00. The number of carbonyl (C=O) groups is 2. The number of aliphatic hydroxyl groups is 1. The van der Waals surface area contributed by atoms with Crippen LogP contribution in [0.2, 0.25) is 0 Å². The van der Waals surface area contributed by atoms with E-state index in [9.17, 15) is 14.7 Å². The first-order valence-corrected chi connectivity index (χ1v) is 9.95. The molecule has 0 radical (unpaired) electrons. The summed E-state index contributed by atoms with van der Waals surface area (Å²) in [7, 11) is 3.48. The number of hydrogen-bond donors (Lipinski definition) is 1. The molecule has 4 atom stereocenters. The first kappa shape index (κ1) is 20.5. The average Bonchev–Trinajstić information content (AvgIpc) is 2.65. The summed E-state index contributed by atoms with van der Waals surface area (Å²) in [5.41, 5.74) is 0. The molecule has 3 heterocycles. The van der Waals surface area contributed by atoms with Crippen LogP contribution in [0, 0.1) is 5.92 Å². The van der Waals surface area contributed by atoms with Gasteiger partial charge in [-0.1, -0.05) is 0 Å². The average molecular weight is 384 g/mol. The maximum absolute atomic E-state index is 13.2. The van der Waals surface area contributed by atoms with Gasteiger partial charge in [-0.15, -0.1) is 0 Å². The minimum atomic E-state index is -0.692. The first-order valence-electron chi connectivity index (χ1n) is 9.95. The van der Waals surface area contributed by atoms with Crippen LogP contribution in [-0.4, -0.2) is 98.1 Å². The van der Waals surface area contributed by atoms with E-state index in [1.54, 1.807) is 19.0 Å². The van der Waals surface area contributed by atoms with E-state index in [-0.39, 0.29) is 49.1 Å². The third-order valence-electron chi connectivity index (χ3n) is 5.74.